The SMILES string of the molecule is CC(CO)Nc1cc(Nc2ncc(C#N)cn2)ncc1C(=O)NCC(F)C(C)(C)O. The van der Waals surface area contributed by atoms with Crippen molar-refractivity contribution < 1.29 is 19.4 Å². The molecule has 0 aliphatic carbocycles. The number of rotatable bonds is 9. The number of carbonyl (C=O) groups is 1. The molecule has 2 unspecified atom stereocenters. The Morgan fingerprint density at radius 2 is 1.97 bits per heavy atom. The van der Waals surface area contributed by atoms with Gasteiger partial charge in [-0.3, -0.25) is 4.79 Å². The highest BCUT2D eigenvalue weighted by atomic mass is 19.1. The van der Waals surface area contributed by atoms with Crippen molar-refractivity contribution in [2.75, 3.05) is 23.8 Å². The molecule has 2 heterocycles. The largest absolute Gasteiger partial charge is 0.394 e. The summed E-state index contributed by atoms with van der Waals surface area (Å²) in [7, 11) is 0. The highest BCUT2D eigenvalue weighted by Gasteiger charge is 2.27. The van der Waals surface area contributed by atoms with E-state index in [-0.39, 0.29) is 30.7 Å². The second-order valence-electron chi connectivity index (χ2n) is 7.21. The summed E-state index contributed by atoms with van der Waals surface area (Å²) in [5.74, 6) is -0.0859. The number of nitrogens with zero attached hydrogens (tertiary/aromatic N) is 4. The van der Waals surface area contributed by atoms with Gasteiger partial charge in [-0.15, -0.1) is 0 Å². The molecule has 2 aromatic heterocycles. The Labute approximate surface area is 173 Å². The summed E-state index contributed by atoms with van der Waals surface area (Å²) in [5, 5.41) is 36.1. The van der Waals surface area contributed by atoms with Gasteiger partial charge in [0.15, 0.2) is 0 Å². The van der Waals surface area contributed by atoms with Crippen LogP contribution < -0.4 is 16.0 Å². The number of alkyl halides is 1. The maximum Gasteiger partial charge on any atom is 0.255 e. The summed E-state index contributed by atoms with van der Waals surface area (Å²) in [5.41, 5.74) is -0.812. The Morgan fingerprint density at radius 3 is 2.53 bits per heavy atom. The van der Waals surface area contributed by atoms with Crippen LogP contribution >= 0.6 is 0 Å². The van der Waals surface area contributed by atoms with Crippen LogP contribution in [0.3, 0.4) is 0 Å². The van der Waals surface area contributed by atoms with Gasteiger partial charge >= 0.3 is 0 Å². The van der Waals surface area contributed by atoms with Crippen LogP contribution in [0.4, 0.5) is 21.8 Å². The number of carbonyl (C=O) groups excluding carboxylic acids is 1. The molecule has 30 heavy (non-hydrogen) atoms. The molecule has 5 N–H and O–H groups in total. The highest BCUT2D eigenvalue weighted by Crippen LogP contribution is 2.22. The van der Waals surface area contributed by atoms with E-state index in [2.05, 4.69) is 30.9 Å². The first-order chi connectivity index (χ1) is 14.1. The Hall–Kier alpha value is -3.36. The van der Waals surface area contributed by atoms with Crippen LogP contribution in [-0.4, -0.2) is 62.0 Å². The molecule has 0 saturated carbocycles. The molecule has 2 atom stereocenters. The lowest BCUT2D eigenvalue weighted by Crippen LogP contribution is -2.42. The molecule has 0 spiro atoms. The number of hydrogen-bond acceptors (Lipinski definition) is 9. The molecule has 0 bridgehead atoms. The van der Waals surface area contributed by atoms with Crippen LogP contribution in [0.1, 0.15) is 36.7 Å². The zero-order valence-corrected chi connectivity index (χ0v) is 16.8. The van der Waals surface area contributed by atoms with E-state index in [9.17, 15) is 19.4 Å². The van der Waals surface area contributed by atoms with E-state index in [1.807, 2.05) is 6.07 Å². The second kappa shape index (κ2) is 9.91. The van der Waals surface area contributed by atoms with Gasteiger partial charge in [-0.2, -0.15) is 5.26 Å². The van der Waals surface area contributed by atoms with Gasteiger partial charge in [-0.1, -0.05) is 0 Å². The smallest absolute Gasteiger partial charge is 0.255 e. The first kappa shape index (κ1) is 22.9. The number of hydrogen-bond donors (Lipinski definition) is 5. The number of aliphatic hydroxyl groups excluding tert-OH is 1. The number of aliphatic hydroxyl groups is 2. The minimum Gasteiger partial charge on any atom is -0.394 e. The zero-order chi connectivity index (χ0) is 22.3. The van der Waals surface area contributed by atoms with Crippen molar-refractivity contribution in [3.05, 3.63) is 35.8 Å². The number of pyridine rings is 1. The van der Waals surface area contributed by atoms with Crippen LogP contribution in [0.5, 0.6) is 0 Å². The van der Waals surface area contributed by atoms with Gasteiger partial charge < -0.3 is 26.2 Å². The minimum absolute atomic E-state index is 0.129. The minimum atomic E-state index is -1.66. The van der Waals surface area contributed by atoms with Gasteiger partial charge in [0.1, 0.15) is 18.1 Å². The fraction of sp³-hybridized carbons (Fsp3) is 0.421. The van der Waals surface area contributed by atoms with E-state index in [1.54, 1.807) is 6.92 Å². The number of aromatic nitrogens is 3. The number of anilines is 3. The Balaban J connectivity index is 2.22. The molecule has 0 fully saturated rings. The second-order valence-corrected chi connectivity index (χ2v) is 7.21. The summed E-state index contributed by atoms with van der Waals surface area (Å²) < 4.78 is 13.9. The topological polar surface area (TPSA) is 156 Å². The van der Waals surface area contributed by atoms with E-state index < -0.39 is 17.7 Å². The molecular weight excluding hydrogens is 393 g/mol. The van der Waals surface area contributed by atoms with Crippen molar-refractivity contribution in [2.24, 2.45) is 0 Å². The van der Waals surface area contributed by atoms with Gasteiger partial charge in [0.25, 0.3) is 5.91 Å². The normalized spacial score (nSPS) is 13.1. The third-order valence-electron chi connectivity index (χ3n) is 4.05. The lowest BCUT2D eigenvalue weighted by molar-refractivity contribution is -0.00177. The lowest BCUT2D eigenvalue weighted by atomic mass is 10.0. The Morgan fingerprint density at radius 1 is 1.30 bits per heavy atom. The monoisotopic (exact) mass is 417 g/mol. The molecule has 0 aliphatic rings. The number of nitrogens with one attached hydrogen (secondary N) is 3. The van der Waals surface area contributed by atoms with E-state index in [4.69, 9.17) is 5.26 Å². The molecule has 10 nitrogen and oxygen atoms in total. The highest BCUT2D eigenvalue weighted by molar-refractivity contribution is 5.99. The van der Waals surface area contributed by atoms with Gasteiger partial charge in [-0.05, 0) is 20.8 Å². The average molecular weight is 417 g/mol. The molecule has 160 valence electrons. The predicted molar refractivity (Wildman–Crippen MR) is 108 cm³/mol. The van der Waals surface area contributed by atoms with Crippen LogP contribution in [0.2, 0.25) is 0 Å². The van der Waals surface area contributed by atoms with E-state index in [0.717, 1.165) is 0 Å². The zero-order valence-electron chi connectivity index (χ0n) is 16.8. The van der Waals surface area contributed by atoms with Gasteiger partial charge in [0, 0.05) is 18.3 Å². The molecular formula is C19H24FN7O3. The lowest BCUT2D eigenvalue weighted by Gasteiger charge is -2.23. The van der Waals surface area contributed by atoms with Gasteiger partial charge in [0.05, 0.1) is 48.0 Å². The van der Waals surface area contributed by atoms with Crippen molar-refractivity contribution in [3.8, 4) is 6.07 Å². The van der Waals surface area contributed by atoms with E-state index in [1.165, 1.54) is 38.5 Å². The Bertz CT molecular complexity index is 910. The van der Waals surface area contributed by atoms with Gasteiger partial charge in [-0.25, -0.2) is 19.3 Å². The number of amides is 1. The molecule has 0 radical (unpaired) electrons. The van der Waals surface area contributed by atoms with Crippen molar-refractivity contribution >= 4 is 23.4 Å². The van der Waals surface area contributed by atoms with Crippen LogP contribution in [0.15, 0.2) is 24.7 Å². The maximum absolute atomic E-state index is 13.9. The van der Waals surface area contributed by atoms with Crippen LogP contribution in [0.25, 0.3) is 0 Å². The molecule has 0 aliphatic heterocycles. The molecule has 2 aromatic rings. The summed E-state index contributed by atoms with van der Waals surface area (Å²) in [6, 6.07) is 3.06. The molecule has 2 rings (SSSR count). The van der Waals surface area contributed by atoms with E-state index in [0.29, 0.717) is 17.1 Å². The van der Waals surface area contributed by atoms with Crippen molar-refractivity contribution in [1.29, 1.82) is 5.26 Å². The molecule has 11 heteroatoms. The van der Waals surface area contributed by atoms with Crippen LogP contribution in [-0.2, 0) is 0 Å². The summed E-state index contributed by atoms with van der Waals surface area (Å²) in [6.07, 6.45) is 2.32. The Kier molecular flexibility index (Phi) is 7.57. The summed E-state index contributed by atoms with van der Waals surface area (Å²) >= 11 is 0. The van der Waals surface area contributed by atoms with Crippen molar-refractivity contribution in [2.45, 2.75) is 38.6 Å². The number of halogens is 1. The van der Waals surface area contributed by atoms with Crippen molar-refractivity contribution in [1.82, 2.24) is 20.3 Å². The maximum atomic E-state index is 13.9. The standard InChI is InChI=1S/C19H24FN7O3/c1-11(10-28)26-14-4-16(27-18-24-6-12(5-21)7-25-18)22-8-13(14)17(29)23-9-15(20)19(2,3)30/h4,6-8,11,15,28,30H,9-10H2,1-3H3,(H,23,29)(H2,22,24,25,26,27). The molecule has 1 amide bonds. The fourth-order valence-electron chi connectivity index (χ4n) is 2.23. The number of nitriles is 1. The van der Waals surface area contributed by atoms with Crippen molar-refractivity contribution in [3.63, 3.8) is 0 Å². The van der Waals surface area contributed by atoms with Crippen LogP contribution in [0, 0.1) is 11.3 Å². The molecule has 0 saturated heterocycles. The fourth-order valence-corrected chi connectivity index (χ4v) is 2.23. The quantitative estimate of drug-likeness (QED) is 0.403. The molecule has 0 aromatic carbocycles. The first-order valence-electron chi connectivity index (χ1n) is 9.15. The van der Waals surface area contributed by atoms with Gasteiger partial charge in [0.2, 0.25) is 5.95 Å². The third-order valence-corrected chi connectivity index (χ3v) is 4.05. The summed E-state index contributed by atoms with van der Waals surface area (Å²) in [6.45, 7) is 3.78. The predicted octanol–water partition coefficient (Wildman–Crippen LogP) is 1.12. The van der Waals surface area contributed by atoms with E-state index >= 15 is 0 Å². The average Bonchev–Trinajstić information content (AvgIpc) is 2.71. The third kappa shape index (κ3) is 6.33. The summed E-state index contributed by atoms with van der Waals surface area (Å²) in [4.78, 5) is 24.7. The first-order valence-corrected chi connectivity index (χ1v) is 9.15.